The molecule has 0 unspecified atom stereocenters. The molecule has 0 saturated heterocycles. The van der Waals surface area contributed by atoms with E-state index in [0.717, 1.165) is 10.6 Å². The fraction of sp³-hybridized carbons (Fsp3) is 0. The molecule has 0 radical (unpaired) electrons. The fourth-order valence-corrected chi connectivity index (χ4v) is 0.662. The molecule has 2 nitrogen and oxygen atoms in total. The van der Waals surface area contributed by atoms with E-state index < -0.39 is 0 Å². The van der Waals surface area contributed by atoms with Gasteiger partial charge in [0.15, 0.2) is 0 Å². The predicted octanol–water partition coefficient (Wildman–Crippen LogP) is -0.145. The van der Waals surface area contributed by atoms with E-state index >= 15 is 0 Å². The highest BCUT2D eigenvalue weighted by molar-refractivity contribution is 5.88. The van der Waals surface area contributed by atoms with Crippen LogP contribution >= 0.6 is 0 Å². The second kappa shape index (κ2) is 2.31. The zero-order valence-corrected chi connectivity index (χ0v) is 5.02. The van der Waals surface area contributed by atoms with Crippen molar-refractivity contribution in [2.24, 2.45) is 0 Å². The van der Waals surface area contributed by atoms with Gasteiger partial charge < -0.3 is 10.4 Å². The summed E-state index contributed by atoms with van der Waals surface area (Å²) >= 11 is 0. The Morgan fingerprint density at radius 2 is 2.44 bits per heavy atom. The first-order valence-electron chi connectivity index (χ1n) is 2.67. The Balaban J connectivity index is 3.39. The van der Waals surface area contributed by atoms with Crippen LogP contribution < -0.4 is 10.6 Å². The molecule has 0 amide bonds. The number of aromatic amines is 1. The van der Waals surface area contributed by atoms with Crippen molar-refractivity contribution < 1.29 is 0 Å². The molecule has 0 aromatic carbocycles. The summed E-state index contributed by atoms with van der Waals surface area (Å²) in [6, 6.07) is 1.88. The van der Waals surface area contributed by atoms with Crippen LogP contribution in [0.4, 0.5) is 0 Å². The van der Waals surface area contributed by atoms with E-state index in [9.17, 15) is 0 Å². The van der Waals surface area contributed by atoms with Crippen LogP contribution in [0.3, 0.4) is 0 Å². The van der Waals surface area contributed by atoms with Gasteiger partial charge in [0.2, 0.25) is 0 Å². The van der Waals surface area contributed by atoms with Gasteiger partial charge in [0.25, 0.3) is 0 Å². The zero-order chi connectivity index (χ0) is 6.69. The molecule has 0 bridgehead atoms. The molecule has 1 rings (SSSR count). The van der Waals surface area contributed by atoms with Gasteiger partial charge >= 0.3 is 0 Å². The number of H-pyrrole nitrogens is 1. The molecule has 46 valence electrons. The molecule has 1 aromatic heterocycles. The lowest BCUT2D eigenvalue weighted by Gasteiger charge is -1.69. The van der Waals surface area contributed by atoms with E-state index in [1.807, 2.05) is 6.07 Å². The smallest absolute Gasteiger partial charge is 0.0381 e. The Hall–Kier alpha value is -1.31. The number of hydrogen-bond donors (Lipinski definition) is 2. The second-order valence-corrected chi connectivity index (χ2v) is 1.74. The van der Waals surface area contributed by atoms with Crippen LogP contribution in [0.1, 0.15) is 0 Å². The van der Waals surface area contributed by atoms with E-state index in [1.165, 1.54) is 6.21 Å². The highest BCUT2D eigenvalue weighted by atomic mass is 14.6. The van der Waals surface area contributed by atoms with Gasteiger partial charge in [-0.2, -0.15) is 0 Å². The normalized spacial score (nSPS) is 11.8. The number of nitrogens with one attached hydrogen (secondary N) is 2. The summed E-state index contributed by atoms with van der Waals surface area (Å²) in [5.41, 5.74) is 0. The maximum absolute atomic E-state index is 6.75. The molecule has 0 fully saturated rings. The maximum Gasteiger partial charge on any atom is 0.0381 e. The van der Waals surface area contributed by atoms with Crippen molar-refractivity contribution in [2.75, 3.05) is 0 Å². The summed E-state index contributed by atoms with van der Waals surface area (Å²) in [5.74, 6) is 0. The lowest BCUT2D eigenvalue weighted by atomic mass is 10.4. The van der Waals surface area contributed by atoms with Crippen molar-refractivity contribution >= 4 is 18.9 Å². The summed E-state index contributed by atoms with van der Waals surface area (Å²) in [4.78, 5) is 2.91. The Morgan fingerprint density at radius 3 is 2.89 bits per heavy atom. The molecule has 0 spiro atoms. The van der Waals surface area contributed by atoms with Gasteiger partial charge in [-0.3, -0.25) is 0 Å². The molecular formula is C7H8N2. The first-order chi connectivity index (χ1) is 4.34. The molecule has 2 heteroatoms. The maximum atomic E-state index is 6.75. The van der Waals surface area contributed by atoms with Crippen LogP contribution in [0.2, 0.25) is 0 Å². The van der Waals surface area contributed by atoms with Gasteiger partial charge in [-0.05, 0) is 12.1 Å². The molecule has 0 aliphatic carbocycles. The van der Waals surface area contributed by atoms with Crippen LogP contribution in [-0.2, 0) is 0 Å². The van der Waals surface area contributed by atoms with Crippen molar-refractivity contribution in [3.63, 3.8) is 0 Å². The lowest BCUT2D eigenvalue weighted by Crippen LogP contribution is -2.19. The Labute approximate surface area is 53.0 Å². The van der Waals surface area contributed by atoms with E-state index in [0.29, 0.717) is 0 Å². The molecular weight excluding hydrogens is 112 g/mol. The topological polar surface area (TPSA) is 39.6 Å². The summed E-state index contributed by atoms with van der Waals surface area (Å²) in [6.45, 7) is 3.71. The van der Waals surface area contributed by atoms with Crippen LogP contribution in [0.5, 0.6) is 0 Å². The van der Waals surface area contributed by atoms with Crippen molar-refractivity contribution in [3.05, 3.63) is 22.8 Å². The Kier molecular flexibility index (Phi) is 1.49. The van der Waals surface area contributed by atoms with E-state index in [4.69, 9.17) is 5.41 Å². The van der Waals surface area contributed by atoms with Gasteiger partial charge in [0.05, 0.1) is 0 Å². The first-order valence-corrected chi connectivity index (χ1v) is 2.67. The third-order valence-electron chi connectivity index (χ3n) is 1.13. The third-order valence-corrected chi connectivity index (χ3v) is 1.13. The summed E-state index contributed by atoms with van der Waals surface area (Å²) in [7, 11) is 0. The predicted molar refractivity (Wildman–Crippen MR) is 38.8 cm³/mol. The van der Waals surface area contributed by atoms with Gasteiger partial charge in [-0.25, -0.2) is 0 Å². The summed E-state index contributed by atoms with van der Waals surface area (Å²) < 4.78 is 0. The van der Waals surface area contributed by atoms with Crippen LogP contribution in [-0.4, -0.2) is 11.2 Å². The Morgan fingerprint density at radius 1 is 1.67 bits per heavy atom. The SMILES string of the molecule is C=c1[nH]cc/c1=C/C=N. The lowest BCUT2D eigenvalue weighted by molar-refractivity contribution is 1.33. The van der Waals surface area contributed by atoms with Gasteiger partial charge in [-0.1, -0.05) is 6.58 Å². The van der Waals surface area contributed by atoms with Crippen LogP contribution in [0.25, 0.3) is 12.7 Å². The molecule has 2 N–H and O–H groups in total. The van der Waals surface area contributed by atoms with Crippen molar-refractivity contribution in [2.45, 2.75) is 0 Å². The average molecular weight is 120 g/mol. The van der Waals surface area contributed by atoms with Crippen LogP contribution in [0.15, 0.2) is 12.3 Å². The Bertz CT molecular complexity index is 295. The highest BCUT2D eigenvalue weighted by Gasteiger charge is 1.77. The number of aromatic nitrogens is 1. The van der Waals surface area contributed by atoms with Crippen molar-refractivity contribution in [1.29, 1.82) is 5.41 Å². The summed E-state index contributed by atoms with van der Waals surface area (Å²) in [6.07, 6.45) is 4.74. The van der Waals surface area contributed by atoms with Crippen molar-refractivity contribution in [3.8, 4) is 0 Å². The molecule has 0 saturated carbocycles. The zero-order valence-electron chi connectivity index (χ0n) is 5.02. The fourth-order valence-electron chi connectivity index (χ4n) is 0.662. The molecule has 0 aliphatic rings. The van der Waals surface area contributed by atoms with Crippen LogP contribution in [0, 0.1) is 5.41 Å². The third kappa shape index (κ3) is 1.08. The second-order valence-electron chi connectivity index (χ2n) is 1.74. The first kappa shape index (κ1) is 5.82. The van der Waals surface area contributed by atoms with Crippen molar-refractivity contribution in [1.82, 2.24) is 4.98 Å². The minimum Gasteiger partial charge on any atom is -0.362 e. The molecule has 0 aliphatic heterocycles. The van der Waals surface area contributed by atoms with Gasteiger partial charge in [-0.15, -0.1) is 0 Å². The van der Waals surface area contributed by atoms with E-state index in [2.05, 4.69) is 11.6 Å². The quantitative estimate of drug-likeness (QED) is 0.484. The average Bonchev–Trinajstić information content (AvgIpc) is 2.18. The monoisotopic (exact) mass is 120 g/mol. The molecule has 1 aromatic rings. The van der Waals surface area contributed by atoms with Gasteiger partial charge in [0, 0.05) is 23.0 Å². The van der Waals surface area contributed by atoms with E-state index in [-0.39, 0.29) is 0 Å². The summed E-state index contributed by atoms with van der Waals surface area (Å²) in [5, 5.41) is 8.59. The standard InChI is InChI=1S/C7H8N2/c1-6-7(2-4-8)3-5-9-6/h2-5,8-9H,1H2/b7-2-,8-4?. The van der Waals surface area contributed by atoms with Gasteiger partial charge in [0.1, 0.15) is 0 Å². The molecule has 1 heterocycles. The van der Waals surface area contributed by atoms with E-state index in [1.54, 1.807) is 12.3 Å². The number of hydrogen-bond acceptors (Lipinski definition) is 1. The largest absolute Gasteiger partial charge is 0.362 e. The minimum atomic E-state index is 0.860. The highest BCUT2D eigenvalue weighted by Crippen LogP contribution is 1.59. The number of rotatable bonds is 1. The molecule has 0 atom stereocenters. The molecule has 9 heavy (non-hydrogen) atoms. The minimum absolute atomic E-state index is 0.860.